The minimum absolute atomic E-state index is 0.0392. The molecular weight excluding hydrogens is 292 g/mol. The Morgan fingerprint density at radius 1 is 1.48 bits per heavy atom. The minimum Gasteiger partial charge on any atom is -0.454 e. The summed E-state index contributed by atoms with van der Waals surface area (Å²) < 4.78 is 6.95. The molecule has 0 amide bonds. The number of anilines is 1. The van der Waals surface area contributed by atoms with Gasteiger partial charge in [-0.25, -0.2) is 14.5 Å². The number of hydrogen-bond acceptors (Lipinski definition) is 5. The molecule has 1 heterocycles. The van der Waals surface area contributed by atoms with Crippen LogP contribution in [0.3, 0.4) is 0 Å². The van der Waals surface area contributed by atoms with Gasteiger partial charge in [-0.05, 0) is 24.1 Å². The van der Waals surface area contributed by atoms with Crippen LogP contribution in [0.15, 0.2) is 24.5 Å². The average Bonchev–Trinajstić information content (AvgIpc) is 2.85. The predicted molar refractivity (Wildman–Crippen MR) is 79.8 cm³/mol. The first-order chi connectivity index (χ1) is 9.97. The van der Waals surface area contributed by atoms with Crippen LogP contribution in [0.1, 0.15) is 30.0 Å². The van der Waals surface area contributed by atoms with E-state index in [-0.39, 0.29) is 12.2 Å². The standard InChI is InChI=1S/C14H17ClN4O2/c1-9(2)6-19-13(17-8-18-19)7-21-14(20)11-5-10(15)3-4-12(11)16/h3-5,8-9H,6-7,16H2,1-2H3. The van der Waals surface area contributed by atoms with Crippen LogP contribution < -0.4 is 5.73 Å². The normalized spacial score (nSPS) is 10.9. The SMILES string of the molecule is CC(C)Cn1ncnc1COC(=O)c1cc(Cl)ccc1N. The number of halogens is 1. The van der Waals surface area contributed by atoms with Crippen LogP contribution >= 0.6 is 11.6 Å². The third-order valence-electron chi connectivity index (χ3n) is 2.80. The summed E-state index contributed by atoms with van der Waals surface area (Å²) in [5, 5.41) is 4.54. The van der Waals surface area contributed by atoms with E-state index in [9.17, 15) is 4.79 Å². The van der Waals surface area contributed by atoms with E-state index in [4.69, 9.17) is 22.1 Å². The monoisotopic (exact) mass is 308 g/mol. The predicted octanol–water partition coefficient (Wildman–Crippen LogP) is 2.53. The number of nitrogens with zero attached hydrogens (tertiary/aromatic N) is 3. The number of carbonyl (C=O) groups excluding carboxylic acids is 1. The Morgan fingerprint density at radius 2 is 2.24 bits per heavy atom. The van der Waals surface area contributed by atoms with Crippen LogP contribution in [0.2, 0.25) is 5.02 Å². The summed E-state index contributed by atoms with van der Waals surface area (Å²) >= 11 is 5.85. The van der Waals surface area contributed by atoms with Crippen molar-refractivity contribution in [3.8, 4) is 0 Å². The van der Waals surface area contributed by atoms with Gasteiger partial charge in [-0.2, -0.15) is 5.10 Å². The number of nitrogens with two attached hydrogens (primary N) is 1. The summed E-state index contributed by atoms with van der Waals surface area (Å²) in [7, 11) is 0. The number of benzene rings is 1. The fraction of sp³-hybridized carbons (Fsp3) is 0.357. The van der Waals surface area contributed by atoms with Gasteiger partial charge in [-0.15, -0.1) is 0 Å². The van der Waals surface area contributed by atoms with Gasteiger partial charge < -0.3 is 10.5 Å². The lowest BCUT2D eigenvalue weighted by Gasteiger charge is -2.10. The summed E-state index contributed by atoms with van der Waals surface area (Å²) in [5.41, 5.74) is 6.32. The van der Waals surface area contributed by atoms with Crippen LogP contribution in [0.25, 0.3) is 0 Å². The first kappa shape index (κ1) is 15.3. The van der Waals surface area contributed by atoms with Gasteiger partial charge >= 0.3 is 5.97 Å². The Morgan fingerprint density at radius 3 is 2.95 bits per heavy atom. The molecule has 6 nitrogen and oxygen atoms in total. The van der Waals surface area contributed by atoms with E-state index in [1.807, 2.05) is 0 Å². The molecule has 21 heavy (non-hydrogen) atoms. The molecule has 0 atom stereocenters. The molecule has 2 rings (SSSR count). The minimum atomic E-state index is -0.533. The maximum atomic E-state index is 12.0. The fourth-order valence-corrected chi connectivity index (χ4v) is 1.98. The highest BCUT2D eigenvalue weighted by Crippen LogP contribution is 2.19. The maximum absolute atomic E-state index is 12.0. The molecule has 0 bridgehead atoms. The molecule has 0 aliphatic heterocycles. The fourth-order valence-electron chi connectivity index (χ4n) is 1.81. The van der Waals surface area contributed by atoms with Crippen molar-refractivity contribution in [2.75, 3.05) is 5.73 Å². The van der Waals surface area contributed by atoms with Gasteiger partial charge in [0.1, 0.15) is 6.33 Å². The van der Waals surface area contributed by atoms with E-state index in [2.05, 4.69) is 23.9 Å². The van der Waals surface area contributed by atoms with Gasteiger partial charge in [0.2, 0.25) is 0 Å². The number of rotatable bonds is 5. The van der Waals surface area contributed by atoms with E-state index in [0.717, 1.165) is 0 Å². The molecule has 7 heteroatoms. The topological polar surface area (TPSA) is 83.0 Å². The van der Waals surface area contributed by atoms with Crippen molar-refractivity contribution in [2.24, 2.45) is 5.92 Å². The lowest BCUT2D eigenvalue weighted by atomic mass is 10.2. The second-order valence-electron chi connectivity index (χ2n) is 5.06. The van der Waals surface area contributed by atoms with E-state index < -0.39 is 5.97 Å². The first-order valence-electron chi connectivity index (χ1n) is 6.56. The third-order valence-corrected chi connectivity index (χ3v) is 3.04. The Labute approximate surface area is 127 Å². The van der Waals surface area contributed by atoms with Gasteiger partial charge in [0.05, 0.1) is 5.56 Å². The van der Waals surface area contributed by atoms with Crippen molar-refractivity contribution in [3.63, 3.8) is 0 Å². The molecule has 1 aromatic carbocycles. The Bertz CT molecular complexity index is 640. The summed E-state index contributed by atoms with van der Waals surface area (Å²) in [6, 6.07) is 4.67. The molecule has 0 saturated carbocycles. The highest BCUT2D eigenvalue weighted by Gasteiger charge is 2.14. The number of carbonyl (C=O) groups is 1. The molecule has 0 spiro atoms. The van der Waals surface area contributed by atoms with E-state index >= 15 is 0 Å². The third kappa shape index (κ3) is 3.95. The van der Waals surface area contributed by atoms with E-state index in [0.29, 0.717) is 29.0 Å². The summed E-state index contributed by atoms with van der Waals surface area (Å²) in [5.74, 6) is 0.483. The van der Waals surface area contributed by atoms with Crippen molar-refractivity contribution in [3.05, 3.63) is 40.9 Å². The molecule has 0 aliphatic rings. The summed E-state index contributed by atoms with van der Waals surface area (Å²) in [4.78, 5) is 16.1. The highest BCUT2D eigenvalue weighted by molar-refractivity contribution is 6.31. The van der Waals surface area contributed by atoms with Crippen molar-refractivity contribution < 1.29 is 9.53 Å². The quantitative estimate of drug-likeness (QED) is 0.678. The second kappa shape index (κ2) is 6.58. The molecule has 1 aromatic heterocycles. The number of ether oxygens (including phenoxy) is 1. The Balaban J connectivity index is 2.04. The van der Waals surface area contributed by atoms with Crippen molar-refractivity contribution in [1.29, 1.82) is 0 Å². The van der Waals surface area contributed by atoms with Gasteiger partial charge in [0.25, 0.3) is 0 Å². The van der Waals surface area contributed by atoms with Crippen LogP contribution in [0, 0.1) is 5.92 Å². The second-order valence-corrected chi connectivity index (χ2v) is 5.50. The van der Waals surface area contributed by atoms with Crippen LogP contribution in [0.4, 0.5) is 5.69 Å². The Hall–Kier alpha value is -2.08. The molecule has 2 aromatic rings. The van der Waals surface area contributed by atoms with E-state index in [1.54, 1.807) is 16.8 Å². The number of hydrogen-bond donors (Lipinski definition) is 1. The lowest BCUT2D eigenvalue weighted by Crippen LogP contribution is -2.14. The molecule has 0 radical (unpaired) electrons. The van der Waals surface area contributed by atoms with Crippen molar-refractivity contribution in [1.82, 2.24) is 14.8 Å². The zero-order valence-electron chi connectivity index (χ0n) is 11.9. The highest BCUT2D eigenvalue weighted by atomic mass is 35.5. The number of aromatic nitrogens is 3. The average molecular weight is 309 g/mol. The zero-order valence-corrected chi connectivity index (χ0v) is 12.7. The molecule has 112 valence electrons. The molecule has 0 fully saturated rings. The van der Waals surface area contributed by atoms with Crippen LogP contribution in [0.5, 0.6) is 0 Å². The van der Waals surface area contributed by atoms with Crippen LogP contribution in [-0.4, -0.2) is 20.7 Å². The maximum Gasteiger partial charge on any atom is 0.340 e. The smallest absolute Gasteiger partial charge is 0.340 e. The van der Waals surface area contributed by atoms with Gasteiger partial charge in [0.15, 0.2) is 12.4 Å². The van der Waals surface area contributed by atoms with Crippen LogP contribution in [-0.2, 0) is 17.9 Å². The largest absolute Gasteiger partial charge is 0.454 e. The molecular formula is C14H17ClN4O2. The molecule has 0 unspecified atom stereocenters. The van der Waals surface area contributed by atoms with Crippen molar-refractivity contribution in [2.45, 2.75) is 27.0 Å². The Kier molecular flexibility index (Phi) is 4.80. The molecule has 2 N–H and O–H groups in total. The lowest BCUT2D eigenvalue weighted by molar-refractivity contribution is 0.0457. The molecule has 0 aliphatic carbocycles. The van der Waals surface area contributed by atoms with Gasteiger partial charge in [-0.1, -0.05) is 25.4 Å². The van der Waals surface area contributed by atoms with Gasteiger partial charge in [0, 0.05) is 17.3 Å². The summed E-state index contributed by atoms with van der Waals surface area (Å²) in [6.45, 7) is 4.90. The number of nitrogen functional groups attached to an aromatic ring is 1. The molecule has 0 saturated heterocycles. The van der Waals surface area contributed by atoms with Gasteiger partial charge in [-0.3, -0.25) is 0 Å². The summed E-state index contributed by atoms with van der Waals surface area (Å²) in [6.07, 6.45) is 1.44. The zero-order chi connectivity index (χ0) is 15.4. The number of esters is 1. The van der Waals surface area contributed by atoms with Crippen molar-refractivity contribution >= 4 is 23.3 Å². The first-order valence-corrected chi connectivity index (χ1v) is 6.94. The van der Waals surface area contributed by atoms with E-state index in [1.165, 1.54) is 12.4 Å².